The summed E-state index contributed by atoms with van der Waals surface area (Å²) in [7, 11) is 1.40. The second-order valence-corrected chi connectivity index (χ2v) is 11.5. The van der Waals surface area contributed by atoms with Crippen molar-refractivity contribution in [2.75, 3.05) is 31.6 Å². The molecule has 2 saturated heterocycles. The van der Waals surface area contributed by atoms with Crippen LogP contribution in [0.3, 0.4) is 0 Å². The van der Waals surface area contributed by atoms with Gasteiger partial charge in [-0.2, -0.15) is 0 Å². The molecule has 2 amide bonds. The lowest BCUT2D eigenvalue weighted by molar-refractivity contribution is -0.135. The number of anilines is 1. The SMILES string of the molecule is COc1cc(/C(N)=C/C(=N)C(=O)N2CC[C@H](C(=O)NCc3ncc(N4CC(C)NC(C)C4)cn3)CC23CC3)c(F)cn1. The molecule has 1 aliphatic carbocycles. The van der Waals surface area contributed by atoms with Crippen molar-refractivity contribution in [1.82, 2.24) is 30.5 Å². The third-order valence-electron chi connectivity index (χ3n) is 8.26. The first-order chi connectivity index (χ1) is 20.1. The van der Waals surface area contributed by atoms with Crippen molar-refractivity contribution in [3.05, 3.63) is 47.9 Å². The van der Waals surface area contributed by atoms with E-state index in [-0.39, 0.29) is 41.2 Å². The van der Waals surface area contributed by atoms with Gasteiger partial charge in [-0.3, -0.25) is 15.0 Å². The molecule has 3 fully saturated rings. The van der Waals surface area contributed by atoms with Crippen molar-refractivity contribution in [2.45, 2.75) is 63.7 Å². The van der Waals surface area contributed by atoms with Gasteiger partial charge in [0.05, 0.1) is 37.9 Å². The molecule has 12 nitrogen and oxygen atoms in total. The van der Waals surface area contributed by atoms with Gasteiger partial charge in [0.15, 0.2) is 5.82 Å². The van der Waals surface area contributed by atoms with Gasteiger partial charge in [0.2, 0.25) is 11.8 Å². The van der Waals surface area contributed by atoms with Gasteiger partial charge in [-0.15, -0.1) is 0 Å². The fourth-order valence-electron chi connectivity index (χ4n) is 6.00. The molecule has 4 heterocycles. The van der Waals surface area contributed by atoms with Gasteiger partial charge in [-0.1, -0.05) is 0 Å². The van der Waals surface area contributed by atoms with Crippen LogP contribution in [0.5, 0.6) is 5.88 Å². The number of pyridine rings is 1. The summed E-state index contributed by atoms with van der Waals surface area (Å²) in [5.74, 6) is -0.808. The summed E-state index contributed by atoms with van der Waals surface area (Å²) in [4.78, 5) is 42.9. The minimum Gasteiger partial charge on any atom is -0.481 e. The van der Waals surface area contributed by atoms with Crippen molar-refractivity contribution in [1.29, 1.82) is 5.41 Å². The van der Waals surface area contributed by atoms with Gasteiger partial charge in [0.1, 0.15) is 11.5 Å². The lowest BCUT2D eigenvalue weighted by atomic mass is 9.87. The lowest BCUT2D eigenvalue weighted by Gasteiger charge is -2.39. The highest BCUT2D eigenvalue weighted by Crippen LogP contribution is 2.50. The van der Waals surface area contributed by atoms with Gasteiger partial charge in [-0.25, -0.2) is 19.3 Å². The highest BCUT2D eigenvalue weighted by Gasteiger charge is 2.54. The number of nitrogens with two attached hydrogens (primary N) is 1. The van der Waals surface area contributed by atoms with Gasteiger partial charge in [-0.05, 0) is 45.6 Å². The van der Waals surface area contributed by atoms with Crippen LogP contribution < -0.4 is 26.0 Å². The molecule has 3 atom stereocenters. The van der Waals surface area contributed by atoms with Crippen LogP contribution >= 0.6 is 0 Å². The number of carbonyl (C=O) groups is 2. The topological polar surface area (TPSA) is 162 Å². The Balaban J connectivity index is 1.15. The predicted molar refractivity (Wildman–Crippen MR) is 155 cm³/mol. The molecule has 5 rings (SSSR count). The van der Waals surface area contributed by atoms with E-state index in [0.717, 1.165) is 43.9 Å². The molecule has 0 aromatic carbocycles. The van der Waals surface area contributed by atoms with Crippen molar-refractivity contribution >= 4 is 28.9 Å². The van der Waals surface area contributed by atoms with Gasteiger partial charge >= 0.3 is 0 Å². The molecular formula is C29H38FN9O3. The third-order valence-corrected chi connectivity index (χ3v) is 8.26. The lowest BCUT2D eigenvalue weighted by Crippen LogP contribution is -2.54. The zero-order chi connectivity index (χ0) is 30.0. The van der Waals surface area contributed by atoms with Crippen molar-refractivity contribution < 1.29 is 18.7 Å². The molecule has 2 unspecified atom stereocenters. The summed E-state index contributed by atoms with van der Waals surface area (Å²) in [6.45, 7) is 6.65. The molecule has 42 heavy (non-hydrogen) atoms. The van der Waals surface area contributed by atoms with Gasteiger partial charge < -0.3 is 30.9 Å². The number of hydrogen-bond donors (Lipinski definition) is 4. The van der Waals surface area contributed by atoms with E-state index in [0.29, 0.717) is 37.3 Å². The summed E-state index contributed by atoms with van der Waals surface area (Å²) in [5, 5.41) is 14.8. The standard InChI is InChI=1S/C29H38FN9O3/c1-17-15-38(16-18(2)37-17)20-11-33-25(34-12-20)14-36-27(40)19-4-7-39(29(10-19)5-6-29)28(41)24(32)9-23(31)21-8-26(42-3)35-13-22(21)30/h8-9,11-13,17-19,32,37H,4-7,10,14-16,31H2,1-3H3,(H,36,40)/b23-9-,32-24?/t17?,18?,19-/m0/s1. The second kappa shape index (κ2) is 12.0. The van der Waals surface area contributed by atoms with Crippen molar-refractivity contribution in [3.63, 3.8) is 0 Å². The summed E-state index contributed by atoms with van der Waals surface area (Å²) in [6, 6.07) is 2.08. The maximum absolute atomic E-state index is 14.3. The molecule has 224 valence electrons. The van der Waals surface area contributed by atoms with Crippen molar-refractivity contribution in [3.8, 4) is 5.88 Å². The van der Waals surface area contributed by atoms with Crippen LogP contribution in [0.4, 0.5) is 10.1 Å². The van der Waals surface area contributed by atoms with Crippen LogP contribution in [-0.4, -0.2) is 81.7 Å². The number of rotatable bonds is 8. The summed E-state index contributed by atoms with van der Waals surface area (Å²) < 4.78 is 19.3. The number of ether oxygens (including phenoxy) is 1. The van der Waals surface area contributed by atoms with Crippen LogP contribution in [0.15, 0.2) is 30.7 Å². The summed E-state index contributed by atoms with van der Waals surface area (Å²) in [6.07, 6.45) is 8.26. The van der Waals surface area contributed by atoms with Crippen LogP contribution in [0.1, 0.15) is 50.9 Å². The molecule has 0 bridgehead atoms. The number of nitrogens with zero attached hydrogens (tertiary/aromatic N) is 5. The normalized spacial score (nSPS) is 23.4. The Morgan fingerprint density at radius 1 is 1.21 bits per heavy atom. The van der Waals surface area contributed by atoms with E-state index in [1.807, 2.05) is 0 Å². The van der Waals surface area contributed by atoms with Crippen molar-refractivity contribution in [2.24, 2.45) is 11.7 Å². The predicted octanol–water partition coefficient (Wildman–Crippen LogP) is 1.61. The Labute approximate surface area is 244 Å². The first kappa shape index (κ1) is 29.4. The Morgan fingerprint density at radius 3 is 2.55 bits per heavy atom. The zero-order valence-corrected chi connectivity index (χ0v) is 24.2. The number of nitrogens with one attached hydrogen (secondary N) is 3. The van der Waals surface area contributed by atoms with E-state index in [2.05, 4.69) is 44.3 Å². The molecule has 0 radical (unpaired) electrons. The fourth-order valence-corrected chi connectivity index (χ4v) is 6.00. The van der Waals surface area contributed by atoms with Crippen LogP contribution in [0.25, 0.3) is 5.70 Å². The first-order valence-electron chi connectivity index (χ1n) is 14.3. The number of hydrogen-bond acceptors (Lipinski definition) is 10. The number of halogens is 1. The van der Waals surface area contributed by atoms with Crippen LogP contribution in [0.2, 0.25) is 0 Å². The molecule has 1 saturated carbocycles. The highest BCUT2D eigenvalue weighted by atomic mass is 19.1. The Hall–Kier alpha value is -4.13. The molecule has 5 N–H and O–H groups in total. The molecule has 3 aliphatic rings. The first-order valence-corrected chi connectivity index (χ1v) is 14.3. The number of carbonyl (C=O) groups excluding carboxylic acids is 2. The number of methoxy groups -OCH3 is 1. The average Bonchev–Trinajstić information content (AvgIpc) is 3.74. The summed E-state index contributed by atoms with van der Waals surface area (Å²) in [5.41, 5.74) is 6.13. The quantitative estimate of drug-likeness (QED) is 0.340. The maximum Gasteiger partial charge on any atom is 0.272 e. The van der Waals surface area contributed by atoms with E-state index in [9.17, 15) is 14.0 Å². The van der Waals surface area contributed by atoms with Crippen LogP contribution in [0, 0.1) is 17.1 Å². The van der Waals surface area contributed by atoms with E-state index >= 15 is 0 Å². The smallest absolute Gasteiger partial charge is 0.272 e. The third kappa shape index (κ3) is 6.35. The second-order valence-electron chi connectivity index (χ2n) is 11.5. The van der Waals surface area contributed by atoms with E-state index < -0.39 is 17.3 Å². The molecule has 2 aliphatic heterocycles. The van der Waals surface area contributed by atoms with E-state index in [1.165, 1.54) is 13.2 Å². The van der Waals surface area contributed by atoms with Gasteiger partial charge in [0.25, 0.3) is 5.91 Å². The monoisotopic (exact) mass is 579 g/mol. The number of aromatic nitrogens is 3. The summed E-state index contributed by atoms with van der Waals surface area (Å²) >= 11 is 0. The zero-order valence-electron chi connectivity index (χ0n) is 24.2. The Morgan fingerprint density at radius 2 is 1.90 bits per heavy atom. The number of likely N-dealkylation sites (tertiary alicyclic amines) is 1. The Bertz CT molecular complexity index is 1370. The van der Waals surface area contributed by atoms with Crippen LogP contribution in [-0.2, 0) is 16.1 Å². The average molecular weight is 580 g/mol. The van der Waals surface area contributed by atoms with E-state index in [4.69, 9.17) is 15.9 Å². The number of piperidine rings is 1. The fraction of sp³-hybridized carbons (Fsp3) is 0.517. The number of piperazine rings is 1. The molecular weight excluding hydrogens is 541 g/mol. The largest absolute Gasteiger partial charge is 0.481 e. The molecule has 2 aromatic rings. The Kier molecular flexibility index (Phi) is 8.39. The maximum atomic E-state index is 14.3. The minimum absolute atomic E-state index is 0.00234. The van der Waals surface area contributed by atoms with Gasteiger partial charge in [0, 0.05) is 60.5 Å². The highest BCUT2D eigenvalue weighted by molar-refractivity contribution is 6.43. The number of amides is 2. The van der Waals surface area contributed by atoms with E-state index in [1.54, 1.807) is 17.3 Å². The molecule has 1 spiro atoms. The minimum atomic E-state index is -0.680. The molecule has 2 aromatic heterocycles. The molecule has 13 heteroatoms.